The zero-order chi connectivity index (χ0) is 20.4. The lowest BCUT2D eigenvalue weighted by Crippen LogP contribution is -2.38. The maximum Gasteiger partial charge on any atom is 0.276 e. The van der Waals surface area contributed by atoms with Gasteiger partial charge in [0.25, 0.3) is 11.8 Å². The van der Waals surface area contributed by atoms with Crippen LogP contribution in [0.4, 0.5) is 0 Å². The number of hydrogen-bond donors (Lipinski definition) is 1. The van der Waals surface area contributed by atoms with Crippen molar-refractivity contribution in [1.82, 2.24) is 20.2 Å². The van der Waals surface area contributed by atoms with Crippen molar-refractivity contribution in [2.45, 2.75) is 33.2 Å². The van der Waals surface area contributed by atoms with Gasteiger partial charge in [0.15, 0.2) is 5.69 Å². The summed E-state index contributed by atoms with van der Waals surface area (Å²) in [5, 5.41) is 3.70. The number of carbonyl (C=O) groups is 2. The van der Waals surface area contributed by atoms with Crippen LogP contribution in [0.5, 0.6) is 0 Å². The first-order valence-electron chi connectivity index (χ1n) is 9.90. The van der Waals surface area contributed by atoms with Crippen LogP contribution in [0.2, 0.25) is 0 Å². The third kappa shape index (κ3) is 4.13. The molecule has 29 heavy (non-hydrogen) atoms. The highest BCUT2D eigenvalue weighted by molar-refractivity contribution is 5.98. The molecule has 0 spiro atoms. The summed E-state index contributed by atoms with van der Waals surface area (Å²) in [5.41, 5.74) is 1.70. The highest BCUT2D eigenvalue weighted by atomic mass is 16.4. The lowest BCUT2D eigenvalue weighted by atomic mass is 9.99. The molecule has 3 aromatic rings. The van der Waals surface area contributed by atoms with Crippen molar-refractivity contribution in [1.29, 1.82) is 0 Å². The van der Waals surface area contributed by atoms with Crippen molar-refractivity contribution < 1.29 is 14.0 Å². The van der Waals surface area contributed by atoms with Gasteiger partial charge in [-0.15, -0.1) is 0 Å². The number of oxazole rings is 1. The minimum Gasteiger partial charge on any atom is -0.443 e. The number of hydrogen-bond acceptors (Lipinski definition) is 5. The van der Waals surface area contributed by atoms with E-state index in [1.165, 1.54) is 0 Å². The summed E-state index contributed by atoms with van der Waals surface area (Å²) >= 11 is 0. The van der Waals surface area contributed by atoms with Gasteiger partial charge in [0, 0.05) is 30.2 Å². The number of amides is 2. The number of likely N-dealkylation sites (tertiary alicyclic amines) is 1. The van der Waals surface area contributed by atoms with Crippen molar-refractivity contribution in [2.24, 2.45) is 5.92 Å². The lowest BCUT2D eigenvalue weighted by molar-refractivity contribution is 0.0690. The Balaban J connectivity index is 1.41. The van der Waals surface area contributed by atoms with Gasteiger partial charge in [-0.25, -0.2) is 4.98 Å². The molecular weight excluding hydrogens is 368 g/mol. The zero-order valence-electron chi connectivity index (χ0n) is 16.6. The summed E-state index contributed by atoms with van der Waals surface area (Å²) in [6.45, 7) is 5.55. The number of aromatic nitrogens is 2. The molecule has 1 aromatic carbocycles. The third-order valence-electron chi connectivity index (χ3n) is 5.38. The van der Waals surface area contributed by atoms with Crippen LogP contribution in [0.1, 0.15) is 52.3 Å². The Morgan fingerprint density at radius 3 is 2.83 bits per heavy atom. The van der Waals surface area contributed by atoms with Crippen LogP contribution in [0, 0.1) is 12.8 Å². The molecule has 1 saturated heterocycles. The molecule has 1 aliphatic heterocycles. The third-order valence-corrected chi connectivity index (χ3v) is 5.38. The van der Waals surface area contributed by atoms with Gasteiger partial charge in [-0.3, -0.25) is 14.6 Å². The minimum absolute atomic E-state index is 0.0993. The summed E-state index contributed by atoms with van der Waals surface area (Å²) in [4.78, 5) is 35.6. The van der Waals surface area contributed by atoms with Crippen LogP contribution in [-0.2, 0) is 6.54 Å². The van der Waals surface area contributed by atoms with Crippen LogP contribution in [0.15, 0.2) is 40.9 Å². The van der Waals surface area contributed by atoms with Crippen LogP contribution in [0.25, 0.3) is 10.9 Å². The average Bonchev–Trinajstić information content (AvgIpc) is 3.12. The van der Waals surface area contributed by atoms with E-state index >= 15 is 0 Å². The number of rotatable bonds is 4. The molecule has 1 aliphatic rings. The van der Waals surface area contributed by atoms with Crippen molar-refractivity contribution >= 4 is 22.7 Å². The first kappa shape index (κ1) is 19.1. The average molecular weight is 392 g/mol. The summed E-state index contributed by atoms with van der Waals surface area (Å²) in [5.74, 6) is 1.12. The molecule has 3 heterocycles. The number of aryl methyl sites for hydroxylation is 1. The van der Waals surface area contributed by atoms with Gasteiger partial charge >= 0.3 is 0 Å². The van der Waals surface area contributed by atoms with Gasteiger partial charge in [0.05, 0.1) is 12.1 Å². The van der Waals surface area contributed by atoms with E-state index in [4.69, 9.17) is 4.42 Å². The second-order valence-electron chi connectivity index (χ2n) is 7.58. The van der Waals surface area contributed by atoms with E-state index in [0.717, 1.165) is 36.8 Å². The molecule has 0 aliphatic carbocycles. The molecule has 0 radical (unpaired) electrons. The minimum atomic E-state index is -0.232. The number of benzene rings is 1. The van der Waals surface area contributed by atoms with Crippen molar-refractivity contribution in [3.8, 4) is 0 Å². The number of carbonyl (C=O) groups excluding carboxylic acids is 2. The summed E-state index contributed by atoms with van der Waals surface area (Å²) in [7, 11) is 0. The predicted octanol–water partition coefficient (Wildman–Crippen LogP) is 3.33. The first-order valence-corrected chi connectivity index (χ1v) is 9.90. The first-order chi connectivity index (χ1) is 14.0. The van der Waals surface area contributed by atoms with E-state index in [2.05, 4.69) is 22.2 Å². The monoisotopic (exact) mass is 392 g/mol. The Labute approximate surface area is 169 Å². The fourth-order valence-corrected chi connectivity index (χ4v) is 3.56. The molecule has 2 aromatic heterocycles. The predicted molar refractivity (Wildman–Crippen MR) is 108 cm³/mol. The van der Waals surface area contributed by atoms with Gasteiger partial charge in [-0.1, -0.05) is 13.0 Å². The van der Waals surface area contributed by atoms with Crippen molar-refractivity contribution in [3.63, 3.8) is 0 Å². The van der Waals surface area contributed by atoms with Crippen LogP contribution in [0.3, 0.4) is 0 Å². The molecule has 4 rings (SSSR count). The van der Waals surface area contributed by atoms with Crippen LogP contribution < -0.4 is 5.32 Å². The molecule has 1 N–H and O–H groups in total. The van der Waals surface area contributed by atoms with Gasteiger partial charge in [-0.05, 0) is 49.9 Å². The lowest BCUT2D eigenvalue weighted by Gasteiger charge is -2.29. The normalized spacial score (nSPS) is 14.9. The Kier molecular flexibility index (Phi) is 5.29. The maximum atomic E-state index is 12.7. The molecule has 7 nitrogen and oxygen atoms in total. The fourth-order valence-electron chi connectivity index (χ4n) is 3.56. The standard InChI is InChI=1S/C22H24N4O3/c1-14-7-10-26(11-8-14)22(28)20-15(2)29-19(25-20)13-24-21(27)17-5-6-18-16(12-17)4-3-9-23-18/h3-6,9,12,14H,7-8,10-11,13H2,1-2H3,(H,24,27). The molecule has 7 heteroatoms. The second-order valence-corrected chi connectivity index (χ2v) is 7.58. The number of pyridine rings is 1. The highest BCUT2D eigenvalue weighted by Crippen LogP contribution is 2.20. The smallest absolute Gasteiger partial charge is 0.276 e. The zero-order valence-corrected chi connectivity index (χ0v) is 16.6. The Morgan fingerprint density at radius 2 is 2.03 bits per heavy atom. The number of nitrogens with zero attached hydrogens (tertiary/aromatic N) is 3. The van der Waals surface area contributed by atoms with E-state index in [1.807, 2.05) is 23.1 Å². The molecular formula is C22H24N4O3. The van der Waals surface area contributed by atoms with Crippen LogP contribution >= 0.6 is 0 Å². The van der Waals surface area contributed by atoms with E-state index < -0.39 is 0 Å². The summed E-state index contributed by atoms with van der Waals surface area (Å²) in [6, 6.07) is 9.09. The van der Waals surface area contributed by atoms with Crippen LogP contribution in [-0.4, -0.2) is 39.8 Å². The van der Waals surface area contributed by atoms with Gasteiger partial charge in [-0.2, -0.15) is 0 Å². The molecule has 150 valence electrons. The molecule has 0 atom stereocenters. The Hall–Kier alpha value is -3.22. The molecule has 0 bridgehead atoms. The van der Waals surface area contributed by atoms with E-state index in [-0.39, 0.29) is 18.4 Å². The molecule has 0 unspecified atom stereocenters. The molecule has 2 amide bonds. The van der Waals surface area contributed by atoms with Crippen molar-refractivity contribution in [3.05, 3.63) is 59.4 Å². The maximum absolute atomic E-state index is 12.7. The second kappa shape index (κ2) is 8.03. The van der Waals surface area contributed by atoms with Gasteiger partial charge in [0.1, 0.15) is 5.76 Å². The van der Waals surface area contributed by atoms with E-state index in [1.54, 1.807) is 25.3 Å². The van der Waals surface area contributed by atoms with E-state index in [0.29, 0.717) is 28.8 Å². The summed E-state index contributed by atoms with van der Waals surface area (Å²) < 4.78 is 5.62. The molecule has 1 fully saturated rings. The fraction of sp³-hybridized carbons (Fsp3) is 0.364. The van der Waals surface area contributed by atoms with E-state index in [9.17, 15) is 9.59 Å². The van der Waals surface area contributed by atoms with Gasteiger partial charge in [0.2, 0.25) is 5.89 Å². The Bertz CT molecular complexity index is 1050. The molecule has 0 saturated carbocycles. The quantitative estimate of drug-likeness (QED) is 0.736. The number of fused-ring (bicyclic) bond motifs is 1. The summed E-state index contributed by atoms with van der Waals surface area (Å²) in [6.07, 6.45) is 3.73. The largest absolute Gasteiger partial charge is 0.443 e. The number of nitrogens with one attached hydrogen (secondary N) is 1. The topological polar surface area (TPSA) is 88.3 Å². The highest BCUT2D eigenvalue weighted by Gasteiger charge is 2.26. The Morgan fingerprint density at radius 1 is 1.24 bits per heavy atom. The SMILES string of the molecule is Cc1oc(CNC(=O)c2ccc3ncccc3c2)nc1C(=O)N1CCC(C)CC1. The van der Waals surface area contributed by atoms with Crippen molar-refractivity contribution in [2.75, 3.05) is 13.1 Å². The number of piperidine rings is 1. The van der Waals surface area contributed by atoms with Gasteiger partial charge < -0.3 is 14.6 Å².